The highest BCUT2D eigenvalue weighted by Gasteiger charge is 2.35. The summed E-state index contributed by atoms with van der Waals surface area (Å²) in [4.78, 5) is 10.8. The summed E-state index contributed by atoms with van der Waals surface area (Å²) in [7, 11) is 0. The SMILES string of the molecule is O=C(O)C1CCC(O)(CNc2cccc(F)c2)CC1. The number of carboxylic acid groups (broad SMARTS) is 1. The number of aliphatic carboxylic acids is 1. The van der Waals surface area contributed by atoms with Crippen LogP contribution in [0, 0.1) is 11.7 Å². The zero-order valence-electron chi connectivity index (χ0n) is 10.6. The van der Waals surface area contributed by atoms with E-state index in [0.29, 0.717) is 37.9 Å². The molecule has 1 aliphatic rings. The van der Waals surface area contributed by atoms with E-state index in [9.17, 15) is 14.3 Å². The molecule has 1 saturated carbocycles. The van der Waals surface area contributed by atoms with Crippen molar-refractivity contribution >= 4 is 11.7 Å². The Hall–Kier alpha value is -1.62. The number of hydrogen-bond acceptors (Lipinski definition) is 3. The fourth-order valence-corrected chi connectivity index (χ4v) is 2.44. The summed E-state index contributed by atoms with van der Waals surface area (Å²) in [5.41, 5.74) is -0.285. The summed E-state index contributed by atoms with van der Waals surface area (Å²) < 4.78 is 13.0. The highest BCUT2D eigenvalue weighted by Crippen LogP contribution is 2.32. The van der Waals surface area contributed by atoms with Crippen LogP contribution in [0.3, 0.4) is 0 Å². The van der Waals surface area contributed by atoms with Crippen LogP contribution in [-0.4, -0.2) is 28.3 Å². The molecule has 1 aliphatic carbocycles. The minimum atomic E-state index is -0.904. The normalized spacial score (nSPS) is 26.9. The van der Waals surface area contributed by atoms with Gasteiger partial charge in [0.1, 0.15) is 5.82 Å². The molecule has 1 fully saturated rings. The van der Waals surface area contributed by atoms with Crippen LogP contribution in [0.15, 0.2) is 24.3 Å². The van der Waals surface area contributed by atoms with E-state index in [1.54, 1.807) is 12.1 Å². The van der Waals surface area contributed by atoms with Crippen LogP contribution in [0.25, 0.3) is 0 Å². The predicted molar refractivity (Wildman–Crippen MR) is 69.4 cm³/mol. The second-order valence-corrected chi connectivity index (χ2v) is 5.20. The van der Waals surface area contributed by atoms with Gasteiger partial charge in [-0.1, -0.05) is 6.07 Å². The number of aliphatic hydroxyl groups is 1. The largest absolute Gasteiger partial charge is 0.481 e. The van der Waals surface area contributed by atoms with Crippen molar-refractivity contribution in [1.82, 2.24) is 0 Å². The van der Waals surface area contributed by atoms with E-state index >= 15 is 0 Å². The maximum atomic E-state index is 13.0. The third kappa shape index (κ3) is 3.67. The van der Waals surface area contributed by atoms with Crippen LogP contribution in [-0.2, 0) is 4.79 Å². The fourth-order valence-electron chi connectivity index (χ4n) is 2.44. The lowest BCUT2D eigenvalue weighted by molar-refractivity contribution is -0.144. The van der Waals surface area contributed by atoms with Crippen LogP contribution in [0.1, 0.15) is 25.7 Å². The fraction of sp³-hybridized carbons (Fsp3) is 0.500. The maximum Gasteiger partial charge on any atom is 0.306 e. The Labute approximate surface area is 111 Å². The van der Waals surface area contributed by atoms with Gasteiger partial charge in [-0.25, -0.2) is 4.39 Å². The topological polar surface area (TPSA) is 69.6 Å². The molecule has 0 saturated heterocycles. The monoisotopic (exact) mass is 267 g/mol. The summed E-state index contributed by atoms with van der Waals surface area (Å²) in [6.07, 6.45) is 1.87. The standard InChI is InChI=1S/C14H18FNO3/c15-11-2-1-3-12(8-11)16-9-14(19)6-4-10(5-7-14)13(17)18/h1-3,8,10,16,19H,4-7,9H2,(H,17,18). The molecule has 4 nitrogen and oxygen atoms in total. The van der Waals surface area contributed by atoms with Gasteiger partial charge in [-0.3, -0.25) is 4.79 Å². The maximum absolute atomic E-state index is 13.0. The van der Waals surface area contributed by atoms with Gasteiger partial charge in [0.2, 0.25) is 0 Å². The lowest BCUT2D eigenvalue weighted by Gasteiger charge is -2.35. The Bertz CT molecular complexity index is 456. The molecule has 19 heavy (non-hydrogen) atoms. The molecular formula is C14H18FNO3. The van der Waals surface area contributed by atoms with Gasteiger partial charge in [0.05, 0.1) is 11.5 Å². The number of anilines is 1. The first-order chi connectivity index (χ1) is 8.98. The Kier molecular flexibility index (Phi) is 4.04. The molecule has 1 aromatic carbocycles. The second kappa shape index (κ2) is 5.57. The van der Waals surface area contributed by atoms with E-state index in [4.69, 9.17) is 5.11 Å². The van der Waals surface area contributed by atoms with Crippen molar-refractivity contribution < 1.29 is 19.4 Å². The van der Waals surface area contributed by atoms with Gasteiger partial charge >= 0.3 is 5.97 Å². The molecule has 0 radical (unpaired) electrons. The van der Waals surface area contributed by atoms with Crippen LogP contribution < -0.4 is 5.32 Å². The van der Waals surface area contributed by atoms with E-state index in [1.807, 2.05) is 0 Å². The van der Waals surface area contributed by atoms with Crippen molar-refractivity contribution in [3.05, 3.63) is 30.1 Å². The highest BCUT2D eigenvalue weighted by atomic mass is 19.1. The smallest absolute Gasteiger partial charge is 0.306 e. The summed E-state index contributed by atoms with van der Waals surface area (Å²) in [6.45, 7) is 0.308. The lowest BCUT2D eigenvalue weighted by Crippen LogP contribution is -2.41. The van der Waals surface area contributed by atoms with E-state index in [-0.39, 0.29) is 11.7 Å². The Morgan fingerprint density at radius 3 is 2.68 bits per heavy atom. The van der Waals surface area contributed by atoms with Crippen LogP contribution >= 0.6 is 0 Å². The van der Waals surface area contributed by atoms with E-state index in [1.165, 1.54) is 12.1 Å². The molecule has 0 aliphatic heterocycles. The minimum Gasteiger partial charge on any atom is -0.481 e. The molecule has 104 valence electrons. The minimum absolute atomic E-state index is 0.308. The average molecular weight is 267 g/mol. The Morgan fingerprint density at radius 1 is 1.42 bits per heavy atom. The van der Waals surface area contributed by atoms with Gasteiger partial charge in [-0.15, -0.1) is 0 Å². The molecule has 1 aromatic rings. The summed E-state index contributed by atoms with van der Waals surface area (Å²) >= 11 is 0. The van der Waals surface area contributed by atoms with Crippen LogP contribution in [0.2, 0.25) is 0 Å². The number of halogens is 1. The number of carbonyl (C=O) groups is 1. The van der Waals surface area contributed by atoms with Gasteiger partial charge in [0.25, 0.3) is 0 Å². The molecule has 0 spiro atoms. The van der Waals surface area contributed by atoms with Crippen molar-refractivity contribution in [2.45, 2.75) is 31.3 Å². The lowest BCUT2D eigenvalue weighted by atomic mass is 9.79. The molecule has 5 heteroatoms. The van der Waals surface area contributed by atoms with Crippen molar-refractivity contribution in [1.29, 1.82) is 0 Å². The molecule has 2 rings (SSSR count). The van der Waals surface area contributed by atoms with Crippen molar-refractivity contribution in [3.63, 3.8) is 0 Å². The second-order valence-electron chi connectivity index (χ2n) is 5.20. The quantitative estimate of drug-likeness (QED) is 0.782. The average Bonchev–Trinajstić information content (AvgIpc) is 2.37. The molecule has 0 atom stereocenters. The molecule has 0 heterocycles. The zero-order valence-corrected chi connectivity index (χ0v) is 10.6. The van der Waals surface area contributed by atoms with Crippen molar-refractivity contribution in [2.75, 3.05) is 11.9 Å². The molecule has 0 bridgehead atoms. The molecular weight excluding hydrogens is 249 g/mol. The predicted octanol–water partition coefficient (Wildman–Crippen LogP) is 2.24. The third-order valence-corrected chi connectivity index (χ3v) is 3.71. The molecule has 0 amide bonds. The van der Waals surface area contributed by atoms with E-state index in [0.717, 1.165) is 0 Å². The van der Waals surface area contributed by atoms with Gasteiger partial charge < -0.3 is 15.5 Å². The van der Waals surface area contributed by atoms with Crippen molar-refractivity contribution in [3.8, 4) is 0 Å². The Morgan fingerprint density at radius 2 is 2.11 bits per heavy atom. The van der Waals surface area contributed by atoms with Gasteiger partial charge in [-0.05, 0) is 43.9 Å². The third-order valence-electron chi connectivity index (χ3n) is 3.71. The van der Waals surface area contributed by atoms with E-state index in [2.05, 4.69) is 5.32 Å². The van der Waals surface area contributed by atoms with Gasteiger partial charge in [0, 0.05) is 12.2 Å². The zero-order chi connectivity index (χ0) is 13.9. The first-order valence-corrected chi connectivity index (χ1v) is 6.43. The van der Waals surface area contributed by atoms with Crippen molar-refractivity contribution in [2.24, 2.45) is 5.92 Å². The first kappa shape index (κ1) is 13.8. The number of carboxylic acids is 1. The summed E-state index contributed by atoms with van der Waals surface area (Å²) in [6, 6.07) is 6.06. The highest BCUT2D eigenvalue weighted by molar-refractivity contribution is 5.70. The number of rotatable bonds is 4. The number of hydrogen-bond donors (Lipinski definition) is 3. The molecule has 0 aromatic heterocycles. The molecule has 3 N–H and O–H groups in total. The van der Waals surface area contributed by atoms with Crippen LogP contribution in [0.5, 0.6) is 0 Å². The number of benzene rings is 1. The summed E-state index contributed by atoms with van der Waals surface area (Å²) in [5, 5.41) is 22.3. The summed E-state index contributed by atoms with van der Waals surface area (Å²) in [5.74, 6) is -1.47. The van der Waals surface area contributed by atoms with Gasteiger partial charge in [0.15, 0.2) is 0 Å². The van der Waals surface area contributed by atoms with Crippen LogP contribution in [0.4, 0.5) is 10.1 Å². The van der Waals surface area contributed by atoms with Gasteiger partial charge in [-0.2, -0.15) is 0 Å². The number of nitrogens with one attached hydrogen (secondary N) is 1. The molecule has 0 unspecified atom stereocenters. The van der Waals surface area contributed by atoms with E-state index < -0.39 is 11.6 Å². The first-order valence-electron chi connectivity index (χ1n) is 6.43. The Balaban J connectivity index is 1.88.